The average molecular weight is 433 g/mol. The molecule has 0 atom stereocenters. The van der Waals surface area contributed by atoms with E-state index in [0.717, 1.165) is 29.0 Å². The molecule has 2 heterocycles. The van der Waals surface area contributed by atoms with Crippen LogP contribution in [0, 0.1) is 34.6 Å². The number of aromatic nitrogens is 4. The molecule has 164 valence electrons. The number of benzene rings is 3. The van der Waals surface area contributed by atoms with Crippen molar-refractivity contribution in [3.63, 3.8) is 0 Å². The smallest absolute Gasteiger partial charge is 0.131 e. The maximum atomic E-state index is 4.92. The Kier molecular flexibility index (Phi) is 5.29. The Morgan fingerprint density at radius 2 is 1.52 bits per heavy atom. The third-order valence-electron chi connectivity index (χ3n) is 6.72. The number of rotatable bonds is 4. The number of pyridine rings is 1. The summed E-state index contributed by atoms with van der Waals surface area (Å²) in [5.74, 6) is 0. The molecule has 0 radical (unpaired) electrons. The molecule has 0 N–H and O–H groups in total. The van der Waals surface area contributed by atoms with Crippen molar-refractivity contribution in [2.45, 2.75) is 41.0 Å². The first kappa shape index (κ1) is 21.1. The Labute approximate surface area is 194 Å². The Morgan fingerprint density at radius 3 is 2.27 bits per heavy atom. The van der Waals surface area contributed by atoms with Gasteiger partial charge >= 0.3 is 0 Å². The lowest BCUT2D eigenvalue weighted by molar-refractivity contribution is 0.801. The fraction of sp³-hybridized carbons (Fsp3) is 0.207. The molecule has 5 aromatic rings. The van der Waals surface area contributed by atoms with Crippen LogP contribution in [0.5, 0.6) is 0 Å². The van der Waals surface area contributed by atoms with Crippen molar-refractivity contribution in [2.24, 2.45) is 0 Å². The zero-order valence-electron chi connectivity index (χ0n) is 19.8. The third-order valence-corrected chi connectivity index (χ3v) is 6.72. The summed E-state index contributed by atoms with van der Waals surface area (Å²) in [6.45, 7) is 10.7. The molecule has 0 saturated heterocycles. The highest BCUT2D eigenvalue weighted by atomic mass is 15.4. The quantitative estimate of drug-likeness (QED) is 0.321. The molecule has 2 aromatic heterocycles. The molecule has 5 rings (SSSR count). The summed E-state index contributed by atoms with van der Waals surface area (Å²) in [6.07, 6.45) is 2.85. The van der Waals surface area contributed by atoms with E-state index in [1.165, 1.54) is 44.3 Å². The Balaban J connectivity index is 1.48. The van der Waals surface area contributed by atoms with Crippen molar-refractivity contribution in [1.82, 2.24) is 20.0 Å². The van der Waals surface area contributed by atoms with Crippen molar-refractivity contribution in [3.8, 4) is 17.1 Å². The first-order valence-corrected chi connectivity index (χ1v) is 11.3. The van der Waals surface area contributed by atoms with Gasteiger partial charge in [-0.25, -0.2) is 9.67 Å². The molecule has 4 heteroatoms. The van der Waals surface area contributed by atoms with Gasteiger partial charge in [0.15, 0.2) is 0 Å². The molecule has 4 nitrogen and oxygen atoms in total. The van der Waals surface area contributed by atoms with E-state index in [0.29, 0.717) is 0 Å². The standard InChI is InChI=1S/C29H28N4/c1-18-9-10-23(13-19(18)2)16-24-7-6-8-27-26(24)11-12-28(30-27)29-17-33(32-31-29)25-14-20(3)22(5)21(4)15-25/h6-15,17H,16H2,1-5H3. The minimum absolute atomic E-state index is 0.771. The molecular formula is C29H28N4. The average Bonchev–Trinajstić information content (AvgIpc) is 3.30. The van der Waals surface area contributed by atoms with Gasteiger partial charge in [-0.1, -0.05) is 41.6 Å². The van der Waals surface area contributed by atoms with E-state index in [2.05, 4.69) is 99.5 Å². The van der Waals surface area contributed by atoms with Crippen molar-refractivity contribution < 1.29 is 0 Å². The SMILES string of the molecule is Cc1ccc(Cc2cccc3nc(-c4cn(-c5cc(C)c(C)c(C)c5)nn4)ccc23)cc1C. The first-order chi connectivity index (χ1) is 15.9. The van der Waals surface area contributed by atoms with Gasteiger partial charge in [0.2, 0.25) is 0 Å². The van der Waals surface area contributed by atoms with E-state index in [1.807, 2.05) is 16.9 Å². The maximum Gasteiger partial charge on any atom is 0.131 e. The van der Waals surface area contributed by atoms with Crippen molar-refractivity contribution >= 4 is 10.9 Å². The summed E-state index contributed by atoms with van der Waals surface area (Å²) in [5, 5.41) is 9.96. The summed E-state index contributed by atoms with van der Waals surface area (Å²) >= 11 is 0. The van der Waals surface area contributed by atoms with Crippen LogP contribution in [0.4, 0.5) is 0 Å². The van der Waals surface area contributed by atoms with Crippen LogP contribution in [0.3, 0.4) is 0 Å². The molecule has 0 aliphatic rings. The summed E-state index contributed by atoms with van der Waals surface area (Å²) in [4.78, 5) is 4.92. The topological polar surface area (TPSA) is 43.6 Å². The predicted molar refractivity (Wildman–Crippen MR) is 135 cm³/mol. The molecule has 0 unspecified atom stereocenters. The highest BCUT2D eigenvalue weighted by Gasteiger charge is 2.11. The summed E-state index contributed by atoms with van der Waals surface area (Å²) in [6, 6.07) is 21.5. The van der Waals surface area contributed by atoms with Gasteiger partial charge < -0.3 is 0 Å². The van der Waals surface area contributed by atoms with Crippen LogP contribution in [0.25, 0.3) is 28.0 Å². The van der Waals surface area contributed by atoms with Crippen LogP contribution in [0.2, 0.25) is 0 Å². The summed E-state index contributed by atoms with van der Waals surface area (Å²) in [5.41, 5.74) is 12.7. The summed E-state index contributed by atoms with van der Waals surface area (Å²) in [7, 11) is 0. The van der Waals surface area contributed by atoms with Crippen molar-refractivity contribution in [2.75, 3.05) is 0 Å². The third kappa shape index (κ3) is 4.05. The highest BCUT2D eigenvalue weighted by molar-refractivity contribution is 5.84. The lowest BCUT2D eigenvalue weighted by Crippen LogP contribution is -1.98. The zero-order chi connectivity index (χ0) is 23.1. The van der Waals surface area contributed by atoms with E-state index >= 15 is 0 Å². The fourth-order valence-corrected chi connectivity index (χ4v) is 4.30. The second kappa shape index (κ2) is 8.28. The Bertz CT molecular complexity index is 1470. The molecule has 0 amide bonds. The van der Waals surface area contributed by atoms with Crippen LogP contribution in [0.1, 0.15) is 38.9 Å². The molecule has 0 aliphatic heterocycles. The maximum absolute atomic E-state index is 4.92. The minimum atomic E-state index is 0.771. The molecule has 0 aliphatic carbocycles. The molecule has 0 spiro atoms. The lowest BCUT2D eigenvalue weighted by atomic mass is 9.97. The molecule has 3 aromatic carbocycles. The fourth-order valence-electron chi connectivity index (χ4n) is 4.30. The predicted octanol–water partition coefficient (Wildman–Crippen LogP) is 6.62. The van der Waals surface area contributed by atoms with Gasteiger partial charge in [-0.15, -0.1) is 5.10 Å². The second-order valence-electron chi connectivity index (χ2n) is 9.03. The second-order valence-corrected chi connectivity index (χ2v) is 9.03. The van der Waals surface area contributed by atoms with E-state index < -0.39 is 0 Å². The molecule has 0 saturated carbocycles. The van der Waals surface area contributed by atoms with Gasteiger partial charge in [0.1, 0.15) is 5.69 Å². The number of aryl methyl sites for hydroxylation is 4. The monoisotopic (exact) mass is 432 g/mol. The van der Waals surface area contributed by atoms with Gasteiger partial charge in [-0.05, 0) is 104 Å². The largest absolute Gasteiger partial charge is 0.246 e. The van der Waals surface area contributed by atoms with Crippen LogP contribution >= 0.6 is 0 Å². The van der Waals surface area contributed by atoms with Crippen LogP contribution < -0.4 is 0 Å². The van der Waals surface area contributed by atoms with E-state index in [9.17, 15) is 0 Å². The van der Waals surface area contributed by atoms with Crippen LogP contribution in [0.15, 0.2) is 66.9 Å². The van der Waals surface area contributed by atoms with Crippen LogP contribution in [-0.4, -0.2) is 20.0 Å². The minimum Gasteiger partial charge on any atom is -0.246 e. The van der Waals surface area contributed by atoms with E-state index in [4.69, 9.17) is 4.98 Å². The highest BCUT2D eigenvalue weighted by Crippen LogP contribution is 2.25. The van der Waals surface area contributed by atoms with E-state index in [1.54, 1.807) is 0 Å². The lowest BCUT2D eigenvalue weighted by Gasteiger charge is -2.09. The van der Waals surface area contributed by atoms with Gasteiger partial charge in [0, 0.05) is 5.39 Å². The zero-order valence-corrected chi connectivity index (χ0v) is 19.8. The molecule has 33 heavy (non-hydrogen) atoms. The van der Waals surface area contributed by atoms with Crippen LogP contribution in [-0.2, 0) is 6.42 Å². The Hall–Kier alpha value is -3.79. The first-order valence-electron chi connectivity index (χ1n) is 11.3. The van der Waals surface area contributed by atoms with Gasteiger partial charge in [0.05, 0.1) is 23.1 Å². The van der Waals surface area contributed by atoms with Crippen molar-refractivity contribution in [1.29, 1.82) is 0 Å². The number of hydrogen-bond acceptors (Lipinski definition) is 3. The molecule has 0 fully saturated rings. The van der Waals surface area contributed by atoms with Crippen molar-refractivity contribution in [3.05, 3.63) is 106 Å². The molecule has 0 bridgehead atoms. The van der Waals surface area contributed by atoms with Gasteiger partial charge in [-0.2, -0.15) is 0 Å². The van der Waals surface area contributed by atoms with Gasteiger partial charge in [0.25, 0.3) is 0 Å². The number of hydrogen-bond donors (Lipinski definition) is 0. The van der Waals surface area contributed by atoms with Gasteiger partial charge in [-0.3, -0.25) is 0 Å². The normalized spacial score (nSPS) is 11.3. The van der Waals surface area contributed by atoms with E-state index in [-0.39, 0.29) is 0 Å². The number of fused-ring (bicyclic) bond motifs is 1. The summed E-state index contributed by atoms with van der Waals surface area (Å²) < 4.78 is 1.83. The number of nitrogens with zero attached hydrogens (tertiary/aromatic N) is 4. The Morgan fingerprint density at radius 1 is 0.727 bits per heavy atom. The molecular weight excluding hydrogens is 404 g/mol.